The molecule has 0 bridgehead atoms. The van der Waals surface area contributed by atoms with E-state index in [1.54, 1.807) is 0 Å². The third-order valence-corrected chi connectivity index (χ3v) is 4.31. The summed E-state index contributed by atoms with van der Waals surface area (Å²) < 4.78 is 6.50. The second-order valence-corrected chi connectivity index (χ2v) is 5.80. The molecular formula is C14H21BrN2O. The van der Waals surface area contributed by atoms with Crippen LogP contribution in [0.15, 0.2) is 22.7 Å². The Bertz CT molecular complexity index is 403. The Labute approximate surface area is 117 Å². The van der Waals surface area contributed by atoms with Gasteiger partial charge >= 0.3 is 0 Å². The van der Waals surface area contributed by atoms with Gasteiger partial charge in [0.25, 0.3) is 0 Å². The Kier molecular flexibility index (Phi) is 4.65. The largest absolute Gasteiger partial charge is 0.381 e. The number of hydrogen-bond acceptors (Lipinski definition) is 3. The van der Waals surface area contributed by atoms with Crippen molar-refractivity contribution in [2.24, 2.45) is 5.73 Å². The summed E-state index contributed by atoms with van der Waals surface area (Å²) in [6.07, 6.45) is 2.20. The quantitative estimate of drug-likeness (QED) is 0.932. The smallest absolute Gasteiger partial charge is 0.0485 e. The Morgan fingerprint density at radius 3 is 2.61 bits per heavy atom. The number of anilines is 1. The predicted molar refractivity (Wildman–Crippen MR) is 79.0 cm³/mol. The molecule has 1 aromatic rings. The van der Waals surface area contributed by atoms with Crippen molar-refractivity contribution >= 4 is 21.6 Å². The van der Waals surface area contributed by atoms with Gasteiger partial charge < -0.3 is 15.4 Å². The van der Waals surface area contributed by atoms with Crippen LogP contribution in [0.5, 0.6) is 0 Å². The van der Waals surface area contributed by atoms with Gasteiger partial charge in [-0.3, -0.25) is 0 Å². The molecule has 18 heavy (non-hydrogen) atoms. The maximum atomic E-state index is 5.92. The summed E-state index contributed by atoms with van der Waals surface area (Å²) in [6.45, 7) is 3.74. The molecule has 1 saturated heterocycles. The van der Waals surface area contributed by atoms with Gasteiger partial charge in [-0.2, -0.15) is 0 Å². The summed E-state index contributed by atoms with van der Waals surface area (Å²) in [5.74, 6) is 0. The summed E-state index contributed by atoms with van der Waals surface area (Å²) in [7, 11) is 2.16. The number of benzene rings is 1. The van der Waals surface area contributed by atoms with Crippen molar-refractivity contribution in [3.63, 3.8) is 0 Å². The van der Waals surface area contributed by atoms with Gasteiger partial charge in [0.15, 0.2) is 0 Å². The zero-order chi connectivity index (χ0) is 13.1. The van der Waals surface area contributed by atoms with E-state index < -0.39 is 0 Å². The molecule has 1 atom stereocenters. The fourth-order valence-corrected chi connectivity index (χ4v) is 3.12. The van der Waals surface area contributed by atoms with Gasteiger partial charge in [-0.15, -0.1) is 0 Å². The SMILES string of the molecule is C[C@H](N)c1ccc(N(C)C2CCOCC2)cc1Br. The minimum Gasteiger partial charge on any atom is -0.381 e. The lowest BCUT2D eigenvalue weighted by Gasteiger charge is -2.33. The van der Waals surface area contributed by atoms with Crippen LogP contribution in [0.3, 0.4) is 0 Å². The number of rotatable bonds is 3. The zero-order valence-corrected chi connectivity index (χ0v) is 12.6. The zero-order valence-electron chi connectivity index (χ0n) is 11.0. The lowest BCUT2D eigenvalue weighted by molar-refractivity contribution is 0.0855. The van der Waals surface area contributed by atoms with E-state index in [4.69, 9.17) is 10.5 Å². The van der Waals surface area contributed by atoms with Crippen LogP contribution in [0.4, 0.5) is 5.69 Å². The molecule has 0 aliphatic carbocycles. The van der Waals surface area contributed by atoms with Crippen LogP contribution in [-0.2, 0) is 4.74 Å². The molecule has 0 spiro atoms. The first-order valence-corrected chi connectivity index (χ1v) is 7.24. The van der Waals surface area contributed by atoms with E-state index in [0.717, 1.165) is 36.1 Å². The highest BCUT2D eigenvalue weighted by molar-refractivity contribution is 9.10. The molecule has 1 heterocycles. The van der Waals surface area contributed by atoms with Gasteiger partial charge in [0.05, 0.1) is 0 Å². The Morgan fingerprint density at radius 1 is 1.39 bits per heavy atom. The van der Waals surface area contributed by atoms with Crippen molar-refractivity contribution in [2.45, 2.75) is 31.8 Å². The van der Waals surface area contributed by atoms with Gasteiger partial charge in [-0.05, 0) is 37.5 Å². The average molecular weight is 313 g/mol. The van der Waals surface area contributed by atoms with Crippen LogP contribution in [0.25, 0.3) is 0 Å². The minimum absolute atomic E-state index is 0.0572. The average Bonchev–Trinajstić information content (AvgIpc) is 2.38. The van der Waals surface area contributed by atoms with E-state index in [0.29, 0.717) is 6.04 Å². The van der Waals surface area contributed by atoms with Gasteiger partial charge in [0.2, 0.25) is 0 Å². The lowest BCUT2D eigenvalue weighted by Crippen LogP contribution is -2.36. The van der Waals surface area contributed by atoms with E-state index in [-0.39, 0.29) is 6.04 Å². The molecule has 0 radical (unpaired) electrons. The number of hydrogen-bond donors (Lipinski definition) is 1. The van der Waals surface area contributed by atoms with Gasteiger partial charge in [0.1, 0.15) is 0 Å². The maximum absolute atomic E-state index is 5.92. The molecule has 100 valence electrons. The molecule has 0 aromatic heterocycles. The van der Waals surface area contributed by atoms with Gasteiger partial charge in [-0.1, -0.05) is 22.0 Å². The fraction of sp³-hybridized carbons (Fsp3) is 0.571. The molecule has 2 N–H and O–H groups in total. The van der Waals surface area contributed by atoms with Crippen molar-refractivity contribution in [1.82, 2.24) is 0 Å². The molecule has 0 unspecified atom stereocenters. The second-order valence-electron chi connectivity index (χ2n) is 4.95. The first kappa shape index (κ1) is 13.8. The van der Waals surface area contributed by atoms with Crippen LogP contribution < -0.4 is 10.6 Å². The molecular weight excluding hydrogens is 292 g/mol. The summed E-state index contributed by atoms with van der Waals surface area (Å²) in [5, 5.41) is 0. The molecule has 0 amide bonds. The van der Waals surface area contributed by atoms with E-state index in [9.17, 15) is 0 Å². The van der Waals surface area contributed by atoms with Crippen LogP contribution in [0.1, 0.15) is 31.4 Å². The molecule has 1 fully saturated rings. The van der Waals surface area contributed by atoms with Gasteiger partial charge in [-0.25, -0.2) is 0 Å². The lowest BCUT2D eigenvalue weighted by atomic mass is 10.1. The van der Waals surface area contributed by atoms with Crippen molar-refractivity contribution in [3.05, 3.63) is 28.2 Å². The van der Waals surface area contributed by atoms with Crippen LogP contribution in [0, 0.1) is 0 Å². The standard InChI is InChI=1S/C14H21BrN2O/c1-10(16)13-4-3-12(9-14(13)15)17(2)11-5-7-18-8-6-11/h3-4,9-11H,5-8,16H2,1-2H3/t10-/m0/s1. The molecule has 1 aliphatic rings. The number of halogens is 1. The first-order valence-electron chi connectivity index (χ1n) is 6.45. The number of ether oxygens (including phenoxy) is 1. The number of nitrogens with zero attached hydrogens (tertiary/aromatic N) is 1. The van der Waals surface area contributed by atoms with E-state index >= 15 is 0 Å². The highest BCUT2D eigenvalue weighted by Crippen LogP contribution is 2.29. The topological polar surface area (TPSA) is 38.5 Å². The summed E-state index contributed by atoms with van der Waals surface area (Å²) in [4.78, 5) is 2.35. The third-order valence-electron chi connectivity index (χ3n) is 3.62. The van der Waals surface area contributed by atoms with Crippen molar-refractivity contribution in [1.29, 1.82) is 0 Å². The molecule has 3 nitrogen and oxygen atoms in total. The first-order chi connectivity index (χ1) is 8.59. The normalized spacial score (nSPS) is 18.7. The fourth-order valence-electron chi connectivity index (χ4n) is 2.39. The summed E-state index contributed by atoms with van der Waals surface area (Å²) in [6, 6.07) is 7.06. The van der Waals surface area contributed by atoms with E-state index in [1.807, 2.05) is 6.92 Å². The monoisotopic (exact) mass is 312 g/mol. The summed E-state index contributed by atoms with van der Waals surface area (Å²) in [5.41, 5.74) is 8.31. The third kappa shape index (κ3) is 3.05. The van der Waals surface area contributed by atoms with Crippen LogP contribution in [0.2, 0.25) is 0 Å². The Morgan fingerprint density at radius 2 is 2.06 bits per heavy atom. The van der Waals surface area contributed by atoms with E-state index in [2.05, 4.69) is 46.1 Å². The molecule has 2 rings (SSSR count). The highest BCUT2D eigenvalue weighted by atomic mass is 79.9. The second kappa shape index (κ2) is 6.04. The van der Waals surface area contributed by atoms with Crippen molar-refractivity contribution in [2.75, 3.05) is 25.2 Å². The molecule has 1 aliphatic heterocycles. The number of nitrogens with two attached hydrogens (primary N) is 1. The van der Waals surface area contributed by atoms with Crippen LogP contribution >= 0.6 is 15.9 Å². The predicted octanol–water partition coefficient (Wildman–Crippen LogP) is 3.08. The summed E-state index contributed by atoms with van der Waals surface area (Å²) >= 11 is 3.61. The Balaban J connectivity index is 2.15. The van der Waals surface area contributed by atoms with E-state index in [1.165, 1.54) is 5.69 Å². The molecule has 1 aromatic carbocycles. The van der Waals surface area contributed by atoms with Crippen molar-refractivity contribution < 1.29 is 4.74 Å². The Hall–Kier alpha value is -0.580. The maximum Gasteiger partial charge on any atom is 0.0485 e. The van der Waals surface area contributed by atoms with Gasteiger partial charge in [0, 0.05) is 42.5 Å². The molecule has 0 saturated carbocycles. The van der Waals surface area contributed by atoms with Crippen molar-refractivity contribution in [3.8, 4) is 0 Å². The highest BCUT2D eigenvalue weighted by Gasteiger charge is 2.19. The van der Waals surface area contributed by atoms with Crippen LogP contribution in [-0.4, -0.2) is 26.3 Å². The minimum atomic E-state index is 0.0572. The molecule has 4 heteroatoms.